The number of unbranched alkanes of at least 4 members (excludes halogenated alkanes) is 3. The molecule has 2 heterocycles. The van der Waals surface area contributed by atoms with E-state index in [-0.39, 0.29) is 5.41 Å². The third-order valence-corrected chi connectivity index (χ3v) is 8.21. The molecule has 0 aliphatic carbocycles. The van der Waals surface area contributed by atoms with Crippen LogP contribution in [-0.4, -0.2) is 27.3 Å². The Bertz CT molecular complexity index is 1170. The van der Waals surface area contributed by atoms with Crippen LogP contribution in [0.25, 0.3) is 0 Å². The summed E-state index contributed by atoms with van der Waals surface area (Å²) >= 11 is 0. The van der Waals surface area contributed by atoms with Crippen molar-refractivity contribution in [3.63, 3.8) is 0 Å². The minimum absolute atomic E-state index is 0.349. The summed E-state index contributed by atoms with van der Waals surface area (Å²) in [5.74, 6) is 1.94. The van der Waals surface area contributed by atoms with Crippen LogP contribution in [0.2, 0.25) is 0 Å². The van der Waals surface area contributed by atoms with Gasteiger partial charge in [0.2, 0.25) is 0 Å². The second-order valence-electron chi connectivity index (χ2n) is 10.4. The Labute approximate surface area is 223 Å². The number of ether oxygens (including phenoxy) is 2. The summed E-state index contributed by atoms with van der Waals surface area (Å²) in [6, 6.07) is 20.1. The van der Waals surface area contributed by atoms with Crippen LogP contribution in [0.1, 0.15) is 82.4 Å². The molecule has 3 aromatic carbocycles. The summed E-state index contributed by atoms with van der Waals surface area (Å²) in [6.07, 6.45) is 8.03. The van der Waals surface area contributed by atoms with Gasteiger partial charge < -0.3 is 19.3 Å². The van der Waals surface area contributed by atoms with Crippen LogP contribution in [0.15, 0.2) is 54.6 Å². The summed E-state index contributed by atoms with van der Waals surface area (Å²) < 4.78 is 12.4. The molecule has 0 saturated carbocycles. The van der Waals surface area contributed by atoms with Gasteiger partial charge in [0.25, 0.3) is 0 Å². The number of anilines is 4. The van der Waals surface area contributed by atoms with E-state index in [1.54, 1.807) is 0 Å². The highest BCUT2D eigenvalue weighted by atomic mass is 16.5. The molecule has 5 rings (SSSR count). The summed E-state index contributed by atoms with van der Waals surface area (Å²) in [5.41, 5.74) is 8.85. The summed E-state index contributed by atoms with van der Waals surface area (Å²) in [7, 11) is 3.64. The SMILES string of the molecule is CCCCCCC12c3c(OC)cccc3N(CCC)c3cccc(c31)N(CCC)c1cccc(OC)c12. The first-order valence-corrected chi connectivity index (χ1v) is 14.2. The van der Waals surface area contributed by atoms with Crippen LogP contribution >= 0.6 is 0 Å². The zero-order valence-corrected chi connectivity index (χ0v) is 23.3. The van der Waals surface area contributed by atoms with Gasteiger partial charge in [-0.2, -0.15) is 0 Å². The summed E-state index contributed by atoms with van der Waals surface area (Å²) in [5, 5.41) is 0. The van der Waals surface area contributed by atoms with Crippen LogP contribution in [0.3, 0.4) is 0 Å². The van der Waals surface area contributed by atoms with Crippen LogP contribution < -0.4 is 19.3 Å². The highest BCUT2D eigenvalue weighted by Gasteiger charge is 2.53. The van der Waals surface area contributed by atoms with E-state index in [0.717, 1.165) is 50.3 Å². The lowest BCUT2D eigenvalue weighted by molar-refractivity contribution is 0.377. The number of benzene rings is 3. The molecule has 2 aliphatic rings. The second kappa shape index (κ2) is 10.7. The molecule has 196 valence electrons. The van der Waals surface area contributed by atoms with Crippen LogP contribution in [-0.2, 0) is 5.41 Å². The van der Waals surface area contributed by atoms with E-state index in [4.69, 9.17) is 9.47 Å². The highest BCUT2D eigenvalue weighted by molar-refractivity contribution is 5.94. The van der Waals surface area contributed by atoms with Crippen LogP contribution in [0.5, 0.6) is 11.5 Å². The molecule has 0 aromatic heterocycles. The van der Waals surface area contributed by atoms with Crippen molar-refractivity contribution < 1.29 is 9.47 Å². The predicted octanol–water partition coefficient (Wildman–Crippen LogP) is 8.73. The molecule has 4 nitrogen and oxygen atoms in total. The minimum atomic E-state index is -0.349. The van der Waals surface area contributed by atoms with Crippen molar-refractivity contribution in [1.82, 2.24) is 0 Å². The molecule has 0 radical (unpaired) electrons. The van der Waals surface area contributed by atoms with E-state index in [9.17, 15) is 0 Å². The fourth-order valence-electron chi connectivity index (χ4n) is 6.86. The lowest BCUT2D eigenvalue weighted by Gasteiger charge is -2.52. The average molecular weight is 499 g/mol. The third-order valence-electron chi connectivity index (χ3n) is 8.21. The Morgan fingerprint density at radius 1 is 0.568 bits per heavy atom. The summed E-state index contributed by atoms with van der Waals surface area (Å²) in [4.78, 5) is 5.07. The molecular weight excluding hydrogens is 456 g/mol. The van der Waals surface area contributed by atoms with Gasteiger partial charge in [-0.3, -0.25) is 0 Å². The number of hydrogen-bond donors (Lipinski definition) is 0. The lowest BCUT2D eigenvalue weighted by atomic mass is 9.60. The largest absolute Gasteiger partial charge is 0.496 e. The van der Waals surface area contributed by atoms with Crippen LogP contribution in [0, 0.1) is 0 Å². The van der Waals surface area contributed by atoms with E-state index >= 15 is 0 Å². The van der Waals surface area contributed by atoms with Gasteiger partial charge in [-0.05, 0) is 55.7 Å². The number of rotatable bonds is 11. The first kappa shape index (κ1) is 25.5. The Morgan fingerprint density at radius 2 is 1.03 bits per heavy atom. The number of methoxy groups -OCH3 is 2. The molecule has 0 atom stereocenters. The smallest absolute Gasteiger partial charge is 0.125 e. The maximum Gasteiger partial charge on any atom is 0.125 e. The van der Waals surface area contributed by atoms with E-state index < -0.39 is 0 Å². The zero-order chi connectivity index (χ0) is 26.0. The summed E-state index contributed by atoms with van der Waals surface area (Å²) in [6.45, 7) is 8.76. The van der Waals surface area contributed by atoms with E-state index in [1.807, 2.05) is 14.2 Å². The zero-order valence-electron chi connectivity index (χ0n) is 23.3. The Hall–Kier alpha value is -3.14. The van der Waals surface area contributed by atoms with Crippen molar-refractivity contribution in [2.45, 2.75) is 71.1 Å². The molecule has 0 N–H and O–H groups in total. The molecule has 3 aromatic rings. The number of hydrogen-bond acceptors (Lipinski definition) is 4. The molecule has 0 unspecified atom stereocenters. The molecule has 2 aliphatic heterocycles. The topological polar surface area (TPSA) is 24.9 Å². The maximum absolute atomic E-state index is 6.18. The van der Waals surface area contributed by atoms with Crippen molar-refractivity contribution in [3.8, 4) is 11.5 Å². The van der Waals surface area contributed by atoms with Crippen molar-refractivity contribution in [3.05, 3.63) is 71.3 Å². The predicted molar refractivity (Wildman–Crippen MR) is 156 cm³/mol. The van der Waals surface area contributed by atoms with Crippen molar-refractivity contribution >= 4 is 22.7 Å². The molecule has 0 fully saturated rings. The standard InChI is InChI=1S/C33H42N2O2/c1-6-9-10-11-21-33-30-24(34(22-7-2)26-17-13-19-28(36-4)31(26)33)15-12-16-25(30)35(23-8-3)27-18-14-20-29(37-5)32(27)33/h12-20H,6-11,21-23H2,1-5H3. The highest BCUT2D eigenvalue weighted by Crippen LogP contribution is 2.65. The average Bonchev–Trinajstić information content (AvgIpc) is 2.94. The van der Waals surface area contributed by atoms with Gasteiger partial charge >= 0.3 is 0 Å². The quantitative estimate of drug-likeness (QED) is 0.247. The van der Waals surface area contributed by atoms with Gasteiger partial charge in [0.05, 0.1) is 19.6 Å². The van der Waals surface area contributed by atoms with Gasteiger partial charge in [-0.15, -0.1) is 0 Å². The molecule has 37 heavy (non-hydrogen) atoms. The Morgan fingerprint density at radius 3 is 1.46 bits per heavy atom. The number of fused-ring (bicyclic) bond motifs is 4. The fourth-order valence-corrected chi connectivity index (χ4v) is 6.86. The first-order valence-electron chi connectivity index (χ1n) is 14.2. The molecular formula is C33H42N2O2. The van der Waals surface area contributed by atoms with Crippen LogP contribution in [0.4, 0.5) is 22.7 Å². The normalized spacial score (nSPS) is 14.6. The van der Waals surface area contributed by atoms with Gasteiger partial charge in [0, 0.05) is 52.5 Å². The Kier molecular flexibility index (Phi) is 7.37. The van der Waals surface area contributed by atoms with Crippen molar-refractivity contribution in [2.24, 2.45) is 0 Å². The van der Waals surface area contributed by atoms with Crippen molar-refractivity contribution in [2.75, 3.05) is 37.1 Å². The monoisotopic (exact) mass is 498 g/mol. The molecule has 0 amide bonds. The molecule has 4 heteroatoms. The fraction of sp³-hybridized carbons (Fsp3) is 0.455. The van der Waals surface area contributed by atoms with E-state index in [0.29, 0.717) is 0 Å². The Balaban J connectivity index is 1.93. The number of nitrogens with zero attached hydrogens (tertiary/aromatic N) is 2. The van der Waals surface area contributed by atoms with Crippen molar-refractivity contribution in [1.29, 1.82) is 0 Å². The third kappa shape index (κ3) is 3.88. The van der Waals surface area contributed by atoms with Gasteiger partial charge in [-0.1, -0.05) is 64.7 Å². The lowest BCUT2D eigenvalue weighted by Crippen LogP contribution is -2.44. The van der Waals surface area contributed by atoms with E-state index in [1.165, 1.54) is 58.7 Å². The van der Waals surface area contributed by atoms with Gasteiger partial charge in [0.15, 0.2) is 0 Å². The molecule has 0 saturated heterocycles. The maximum atomic E-state index is 6.18. The first-order chi connectivity index (χ1) is 18.2. The van der Waals surface area contributed by atoms with E-state index in [2.05, 4.69) is 85.2 Å². The van der Waals surface area contributed by atoms with Gasteiger partial charge in [0.1, 0.15) is 11.5 Å². The minimum Gasteiger partial charge on any atom is -0.496 e. The molecule has 0 bridgehead atoms. The molecule has 0 spiro atoms. The second-order valence-corrected chi connectivity index (χ2v) is 10.4. The van der Waals surface area contributed by atoms with Gasteiger partial charge in [-0.25, -0.2) is 0 Å².